The fraction of sp³-hybridized carbons (Fsp3) is 0.200. The highest BCUT2D eigenvalue weighted by atomic mass is 79.9. The van der Waals surface area contributed by atoms with E-state index in [1.807, 2.05) is 0 Å². The van der Waals surface area contributed by atoms with Crippen LogP contribution in [0.3, 0.4) is 0 Å². The average molecular weight is 243 g/mol. The molecule has 0 aliphatic carbocycles. The number of aliphatic hydroxyl groups excluding tert-OH is 1. The Morgan fingerprint density at radius 3 is 2.92 bits per heavy atom. The molecule has 1 nitrogen and oxygen atoms in total. The largest absolute Gasteiger partial charge is 0.395 e. The number of hydrogen-bond donors (Lipinski definition) is 1. The normalized spacial score (nSPS) is 9.15. The van der Waals surface area contributed by atoms with Gasteiger partial charge in [-0.2, -0.15) is 0 Å². The van der Waals surface area contributed by atoms with Crippen LogP contribution in [0.25, 0.3) is 0 Å². The molecule has 0 amide bonds. The summed E-state index contributed by atoms with van der Waals surface area (Å²) < 4.78 is 13.5. The maximum atomic E-state index is 12.7. The molecule has 0 bridgehead atoms. The van der Waals surface area contributed by atoms with Crippen molar-refractivity contribution in [3.8, 4) is 11.8 Å². The zero-order valence-corrected chi connectivity index (χ0v) is 8.44. The van der Waals surface area contributed by atoms with Crippen molar-refractivity contribution in [1.82, 2.24) is 0 Å². The monoisotopic (exact) mass is 242 g/mol. The highest BCUT2D eigenvalue weighted by Crippen LogP contribution is 2.16. The lowest BCUT2D eigenvalue weighted by molar-refractivity contribution is 0.305. The molecule has 0 aliphatic rings. The highest BCUT2D eigenvalue weighted by Gasteiger charge is 1.97. The summed E-state index contributed by atoms with van der Waals surface area (Å²) in [5.41, 5.74) is 0.605. The summed E-state index contributed by atoms with van der Waals surface area (Å²) >= 11 is 3.25. The maximum absolute atomic E-state index is 12.7. The van der Waals surface area contributed by atoms with E-state index in [4.69, 9.17) is 5.11 Å². The quantitative estimate of drug-likeness (QED) is 0.750. The van der Waals surface area contributed by atoms with Gasteiger partial charge in [0.15, 0.2) is 0 Å². The standard InChI is InChI=1S/C10H8BrFO/c11-10-5-4-9(12)7-8(10)3-1-2-6-13/h4-5,7,13H,2,6H2. The SMILES string of the molecule is OCCC#Cc1cc(F)ccc1Br. The van der Waals surface area contributed by atoms with Crippen LogP contribution in [0.4, 0.5) is 4.39 Å². The second-order valence-corrected chi connectivity index (χ2v) is 3.25. The van der Waals surface area contributed by atoms with Crippen molar-refractivity contribution in [3.63, 3.8) is 0 Å². The van der Waals surface area contributed by atoms with E-state index in [1.54, 1.807) is 6.07 Å². The lowest BCUT2D eigenvalue weighted by atomic mass is 10.2. The minimum absolute atomic E-state index is 0.0277. The van der Waals surface area contributed by atoms with Crippen molar-refractivity contribution in [2.75, 3.05) is 6.61 Å². The molecule has 13 heavy (non-hydrogen) atoms. The summed E-state index contributed by atoms with van der Waals surface area (Å²) in [6, 6.07) is 4.33. The Balaban J connectivity index is 2.89. The fourth-order valence-corrected chi connectivity index (χ4v) is 1.15. The zero-order chi connectivity index (χ0) is 9.68. The van der Waals surface area contributed by atoms with Crippen molar-refractivity contribution in [2.45, 2.75) is 6.42 Å². The van der Waals surface area contributed by atoms with Crippen LogP contribution < -0.4 is 0 Å². The van der Waals surface area contributed by atoms with Gasteiger partial charge in [0.05, 0.1) is 6.61 Å². The minimum Gasteiger partial charge on any atom is -0.395 e. The average Bonchev–Trinajstić information content (AvgIpc) is 2.11. The number of halogens is 2. The van der Waals surface area contributed by atoms with Crippen LogP contribution in [-0.2, 0) is 0 Å². The van der Waals surface area contributed by atoms with Gasteiger partial charge in [0.2, 0.25) is 0 Å². The second-order valence-electron chi connectivity index (χ2n) is 2.40. The van der Waals surface area contributed by atoms with E-state index >= 15 is 0 Å². The molecule has 0 aliphatic heterocycles. The summed E-state index contributed by atoms with van der Waals surface area (Å²) in [5.74, 6) is 5.17. The molecule has 3 heteroatoms. The molecule has 0 unspecified atom stereocenters. The van der Waals surface area contributed by atoms with Crippen molar-refractivity contribution < 1.29 is 9.50 Å². The van der Waals surface area contributed by atoms with Gasteiger partial charge < -0.3 is 5.11 Å². The van der Waals surface area contributed by atoms with Crippen LogP contribution >= 0.6 is 15.9 Å². The molecule has 1 rings (SSSR count). The molecule has 0 radical (unpaired) electrons. The smallest absolute Gasteiger partial charge is 0.124 e. The molecule has 1 N–H and O–H groups in total. The second kappa shape index (κ2) is 5.00. The Morgan fingerprint density at radius 1 is 1.46 bits per heavy atom. The van der Waals surface area contributed by atoms with Gasteiger partial charge in [-0.3, -0.25) is 0 Å². The third-order valence-electron chi connectivity index (χ3n) is 1.39. The maximum Gasteiger partial charge on any atom is 0.124 e. The van der Waals surface area contributed by atoms with Crippen LogP contribution in [0.5, 0.6) is 0 Å². The molecule has 0 saturated heterocycles. The first kappa shape index (κ1) is 10.2. The van der Waals surface area contributed by atoms with Crippen LogP contribution in [0.15, 0.2) is 22.7 Å². The zero-order valence-electron chi connectivity index (χ0n) is 6.85. The highest BCUT2D eigenvalue weighted by molar-refractivity contribution is 9.10. The van der Waals surface area contributed by atoms with E-state index in [1.165, 1.54) is 12.1 Å². The third-order valence-corrected chi connectivity index (χ3v) is 2.08. The van der Waals surface area contributed by atoms with E-state index in [0.717, 1.165) is 4.47 Å². The summed E-state index contributed by atoms with van der Waals surface area (Å²) in [4.78, 5) is 0. The Morgan fingerprint density at radius 2 is 2.23 bits per heavy atom. The van der Waals surface area contributed by atoms with Gasteiger partial charge in [-0.1, -0.05) is 11.8 Å². The molecule has 1 aromatic rings. The summed E-state index contributed by atoms with van der Waals surface area (Å²) in [6.07, 6.45) is 0.406. The Labute approximate surface area is 84.7 Å². The predicted molar refractivity (Wildman–Crippen MR) is 52.7 cm³/mol. The molecular formula is C10H8BrFO. The molecule has 0 aromatic heterocycles. The van der Waals surface area contributed by atoms with Gasteiger partial charge in [0.1, 0.15) is 5.82 Å². The number of rotatable bonds is 1. The minimum atomic E-state index is -0.309. The van der Waals surface area contributed by atoms with E-state index in [2.05, 4.69) is 27.8 Å². The van der Waals surface area contributed by atoms with Crippen LogP contribution in [0.1, 0.15) is 12.0 Å². The third kappa shape index (κ3) is 3.17. The van der Waals surface area contributed by atoms with E-state index in [9.17, 15) is 4.39 Å². The Bertz CT molecular complexity index is 352. The summed E-state index contributed by atoms with van der Waals surface area (Å²) in [5, 5.41) is 8.48. The topological polar surface area (TPSA) is 20.2 Å². The lowest BCUT2D eigenvalue weighted by Crippen LogP contribution is -1.81. The Hall–Kier alpha value is -0.850. The summed E-state index contributed by atoms with van der Waals surface area (Å²) in [6.45, 7) is 0.0277. The summed E-state index contributed by atoms with van der Waals surface area (Å²) in [7, 11) is 0. The molecule has 0 fully saturated rings. The molecular weight excluding hydrogens is 235 g/mol. The van der Waals surface area contributed by atoms with Crippen molar-refractivity contribution in [3.05, 3.63) is 34.1 Å². The van der Waals surface area contributed by atoms with E-state index in [-0.39, 0.29) is 12.4 Å². The van der Waals surface area contributed by atoms with Gasteiger partial charge in [0.25, 0.3) is 0 Å². The van der Waals surface area contributed by atoms with Crippen LogP contribution in [0, 0.1) is 17.7 Å². The van der Waals surface area contributed by atoms with Crippen molar-refractivity contribution >= 4 is 15.9 Å². The molecule has 1 aromatic carbocycles. The first-order valence-corrected chi connectivity index (χ1v) is 4.58. The van der Waals surface area contributed by atoms with Crippen LogP contribution in [0.2, 0.25) is 0 Å². The Kier molecular flexibility index (Phi) is 3.94. The number of aliphatic hydroxyl groups is 1. The van der Waals surface area contributed by atoms with Crippen LogP contribution in [-0.4, -0.2) is 11.7 Å². The van der Waals surface area contributed by atoms with Crippen molar-refractivity contribution in [1.29, 1.82) is 0 Å². The fourth-order valence-electron chi connectivity index (χ4n) is 0.807. The van der Waals surface area contributed by atoms with Gasteiger partial charge in [0, 0.05) is 16.5 Å². The van der Waals surface area contributed by atoms with Gasteiger partial charge in [-0.25, -0.2) is 4.39 Å². The van der Waals surface area contributed by atoms with Crippen molar-refractivity contribution in [2.24, 2.45) is 0 Å². The molecule has 68 valence electrons. The lowest BCUT2D eigenvalue weighted by Gasteiger charge is -1.94. The molecule has 0 saturated carbocycles. The van der Waals surface area contributed by atoms with Gasteiger partial charge >= 0.3 is 0 Å². The van der Waals surface area contributed by atoms with E-state index < -0.39 is 0 Å². The molecule has 0 atom stereocenters. The van der Waals surface area contributed by atoms with E-state index in [0.29, 0.717) is 12.0 Å². The molecule has 0 heterocycles. The first-order valence-electron chi connectivity index (χ1n) is 3.79. The number of hydrogen-bond acceptors (Lipinski definition) is 1. The van der Waals surface area contributed by atoms with Gasteiger partial charge in [-0.05, 0) is 34.1 Å². The number of benzene rings is 1. The molecule has 0 spiro atoms. The predicted octanol–water partition coefficient (Wildman–Crippen LogP) is 2.32. The van der Waals surface area contributed by atoms with Gasteiger partial charge in [-0.15, -0.1) is 0 Å². The first-order chi connectivity index (χ1) is 6.24.